The van der Waals surface area contributed by atoms with E-state index in [1.54, 1.807) is 0 Å². The molecule has 0 aromatic carbocycles. The molecule has 0 bridgehead atoms. The summed E-state index contributed by atoms with van der Waals surface area (Å²) in [5.41, 5.74) is 0. The van der Waals surface area contributed by atoms with E-state index in [0.29, 0.717) is 12.8 Å². The highest BCUT2D eigenvalue weighted by molar-refractivity contribution is 5.70. The van der Waals surface area contributed by atoms with E-state index in [2.05, 4.69) is 20.8 Å². The Kier molecular flexibility index (Phi) is 31.0. The summed E-state index contributed by atoms with van der Waals surface area (Å²) in [6.45, 7) is 6.49. The topological polar surface area (TPSA) is 72.8 Å². The largest absolute Gasteiger partial charge is 0.462 e. The molecule has 0 amide bonds. The van der Waals surface area contributed by atoms with Gasteiger partial charge in [-0.1, -0.05) is 168 Å². The van der Waals surface area contributed by atoms with Gasteiger partial charge in [-0.05, 0) is 18.8 Å². The maximum Gasteiger partial charge on any atom is 0.306 e. The van der Waals surface area contributed by atoms with E-state index in [0.717, 1.165) is 44.4 Å². The molecule has 0 aliphatic rings. The lowest BCUT2D eigenvalue weighted by molar-refractivity contribution is -0.161. The summed E-state index contributed by atoms with van der Waals surface area (Å²) in [6, 6.07) is 0. The van der Waals surface area contributed by atoms with Gasteiger partial charge in [0.05, 0.1) is 6.61 Å². The Morgan fingerprint density at radius 1 is 0.561 bits per heavy atom. The van der Waals surface area contributed by atoms with Crippen LogP contribution in [0.4, 0.5) is 0 Å². The summed E-state index contributed by atoms with van der Waals surface area (Å²) in [5, 5.41) is 9.51. The van der Waals surface area contributed by atoms with Crippen molar-refractivity contribution in [3.8, 4) is 0 Å². The zero-order chi connectivity index (χ0) is 30.2. The third-order valence-corrected chi connectivity index (χ3v) is 8.44. The molecule has 5 heteroatoms. The van der Waals surface area contributed by atoms with Crippen LogP contribution in [0, 0.1) is 5.92 Å². The first-order valence-corrected chi connectivity index (χ1v) is 18.0. The van der Waals surface area contributed by atoms with Crippen molar-refractivity contribution in [2.75, 3.05) is 13.2 Å². The van der Waals surface area contributed by atoms with Crippen molar-refractivity contribution in [2.24, 2.45) is 5.92 Å². The molecule has 0 aromatic rings. The van der Waals surface area contributed by atoms with E-state index in [1.165, 1.54) is 122 Å². The fourth-order valence-corrected chi connectivity index (χ4v) is 5.29. The van der Waals surface area contributed by atoms with Crippen LogP contribution in [0.1, 0.15) is 194 Å². The molecule has 0 aromatic heterocycles. The number of ether oxygens (including phenoxy) is 2. The highest BCUT2D eigenvalue weighted by Crippen LogP contribution is 2.16. The van der Waals surface area contributed by atoms with E-state index >= 15 is 0 Å². The summed E-state index contributed by atoms with van der Waals surface area (Å²) in [6.07, 6.45) is 31.5. The zero-order valence-corrected chi connectivity index (χ0v) is 27.7. The van der Waals surface area contributed by atoms with Crippen molar-refractivity contribution in [1.82, 2.24) is 0 Å². The Balaban J connectivity index is 3.54. The second kappa shape index (κ2) is 31.8. The number of aliphatic hydroxyl groups is 1. The summed E-state index contributed by atoms with van der Waals surface area (Å²) in [5.74, 6) is 0.278. The number of aliphatic hydroxyl groups excluding tert-OH is 1. The minimum absolute atomic E-state index is 0.0589. The van der Waals surface area contributed by atoms with Crippen LogP contribution in [0.25, 0.3) is 0 Å². The van der Waals surface area contributed by atoms with Crippen molar-refractivity contribution in [1.29, 1.82) is 0 Å². The van der Waals surface area contributed by atoms with E-state index in [4.69, 9.17) is 9.47 Å². The van der Waals surface area contributed by atoms with E-state index in [1.807, 2.05) is 0 Å². The zero-order valence-electron chi connectivity index (χ0n) is 27.7. The third kappa shape index (κ3) is 30.2. The van der Waals surface area contributed by atoms with Crippen molar-refractivity contribution in [3.63, 3.8) is 0 Å². The third-order valence-electron chi connectivity index (χ3n) is 8.44. The molecule has 244 valence electrons. The SMILES string of the molecule is CCCCCCCCCCCCCCCCCC(=O)O[C@@H](CO)COC(=O)CCCCCCCCCCC(C)CC. The Hall–Kier alpha value is -1.10. The van der Waals surface area contributed by atoms with Crippen molar-refractivity contribution >= 4 is 11.9 Å². The lowest BCUT2D eigenvalue weighted by atomic mass is 9.99. The van der Waals surface area contributed by atoms with Crippen LogP contribution < -0.4 is 0 Å². The molecular formula is C36H70O5. The van der Waals surface area contributed by atoms with Gasteiger partial charge in [0.15, 0.2) is 6.10 Å². The molecular weight excluding hydrogens is 512 g/mol. The average Bonchev–Trinajstić information content (AvgIpc) is 2.97. The van der Waals surface area contributed by atoms with Crippen molar-refractivity contribution < 1.29 is 24.2 Å². The number of unbranched alkanes of at least 4 members (excludes halogenated alkanes) is 21. The highest BCUT2D eigenvalue weighted by Gasteiger charge is 2.16. The monoisotopic (exact) mass is 583 g/mol. The van der Waals surface area contributed by atoms with E-state index < -0.39 is 6.10 Å². The molecule has 2 atom stereocenters. The lowest BCUT2D eigenvalue weighted by Crippen LogP contribution is -2.28. The van der Waals surface area contributed by atoms with Gasteiger partial charge in [-0.15, -0.1) is 0 Å². The van der Waals surface area contributed by atoms with Gasteiger partial charge >= 0.3 is 11.9 Å². The fraction of sp³-hybridized carbons (Fsp3) is 0.944. The number of carbonyl (C=O) groups excluding carboxylic acids is 2. The maximum atomic E-state index is 12.1. The predicted molar refractivity (Wildman–Crippen MR) is 173 cm³/mol. The van der Waals surface area contributed by atoms with Crippen molar-refractivity contribution in [2.45, 2.75) is 200 Å². The smallest absolute Gasteiger partial charge is 0.306 e. The number of hydrogen-bond acceptors (Lipinski definition) is 5. The van der Waals surface area contributed by atoms with E-state index in [-0.39, 0.29) is 25.2 Å². The molecule has 5 nitrogen and oxygen atoms in total. The maximum absolute atomic E-state index is 12.1. The first kappa shape index (κ1) is 39.9. The molecule has 0 rings (SSSR count). The molecule has 1 N–H and O–H groups in total. The minimum Gasteiger partial charge on any atom is -0.462 e. The molecule has 41 heavy (non-hydrogen) atoms. The summed E-state index contributed by atoms with van der Waals surface area (Å²) < 4.78 is 10.6. The van der Waals surface area contributed by atoms with Crippen LogP contribution >= 0.6 is 0 Å². The summed E-state index contributed by atoms with van der Waals surface area (Å²) in [7, 11) is 0. The lowest BCUT2D eigenvalue weighted by Gasteiger charge is -2.15. The van der Waals surface area contributed by atoms with Crippen LogP contribution in [0.5, 0.6) is 0 Å². The Bertz CT molecular complexity index is 564. The van der Waals surface area contributed by atoms with Gasteiger partial charge in [0.25, 0.3) is 0 Å². The van der Waals surface area contributed by atoms with Gasteiger partial charge in [0.2, 0.25) is 0 Å². The second-order valence-corrected chi connectivity index (χ2v) is 12.6. The Morgan fingerprint density at radius 3 is 1.37 bits per heavy atom. The normalized spacial score (nSPS) is 12.8. The first-order chi connectivity index (χ1) is 20.0. The molecule has 0 heterocycles. The quantitative estimate of drug-likeness (QED) is 0.0631. The molecule has 0 fully saturated rings. The molecule has 0 aliphatic heterocycles. The van der Waals surface area contributed by atoms with Gasteiger partial charge in [-0.2, -0.15) is 0 Å². The van der Waals surface area contributed by atoms with Gasteiger partial charge in [-0.3, -0.25) is 9.59 Å². The van der Waals surface area contributed by atoms with Gasteiger partial charge in [0.1, 0.15) is 6.61 Å². The molecule has 0 radical (unpaired) electrons. The highest BCUT2D eigenvalue weighted by atomic mass is 16.6. The minimum atomic E-state index is -0.761. The Morgan fingerprint density at radius 2 is 0.951 bits per heavy atom. The van der Waals surface area contributed by atoms with Crippen LogP contribution in [-0.4, -0.2) is 36.4 Å². The average molecular weight is 583 g/mol. The number of hydrogen-bond donors (Lipinski definition) is 1. The van der Waals surface area contributed by atoms with Crippen LogP contribution in [-0.2, 0) is 19.1 Å². The fourth-order valence-electron chi connectivity index (χ4n) is 5.29. The number of esters is 2. The Labute approximate surface area is 255 Å². The summed E-state index contributed by atoms with van der Waals surface area (Å²) >= 11 is 0. The van der Waals surface area contributed by atoms with Crippen molar-refractivity contribution in [3.05, 3.63) is 0 Å². The second-order valence-electron chi connectivity index (χ2n) is 12.6. The van der Waals surface area contributed by atoms with Gasteiger partial charge in [0, 0.05) is 12.8 Å². The first-order valence-electron chi connectivity index (χ1n) is 18.0. The molecule has 0 saturated carbocycles. The molecule has 0 spiro atoms. The predicted octanol–water partition coefficient (Wildman–Crippen LogP) is 10.6. The van der Waals surface area contributed by atoms with Gasteiger partial charge in [-0.25, -0.2) is 0 Å². The number of rotatable bonds is 32. The van der Waals surface area contributed by atoms with E-state index in [9.17, 15) is 14.7 Å². The van der Waals surface area contributed by atoms with Crippen LogP contribution in [0.2, 0.25) is 0 Å². The van der Waals surface area contributed by atoms with Gasteiger partial charge < -0.3 is 14.6 Å². The molecule has 0 aliphatic carbocycles. The molecule has 0 saturated heterocycles. The number of carbonyl (C=O) groups is 2. The van der Waals surface area contributed by atoms with Crippen LogP contribution in [0.15, 0.2) is 0 Å². The van der Waals surface area contributed by atoms with Crippen LogP contribution in [0.3, 0.4) is 0 Å². The summed E-state index contributed by atoms with van der Waals surface area (Å²) in [4.78, 5) is 24.1. The standard InChI is InChI=1S/C36H70O5/c1-4-6-7-8-9-10-11-12-13-14-15-16-21-24-27-30-36(39)41-34(31-37)32-40-35(38)29-26-23-20-18-17-19-22-25-28-33(3)5-2/h33-34,37H,4-32H2,1-3H3/t33?,34-/m0/s1. The molecule has 1 unspecified atom stereocenters.